The zero-order valence-electron chi connectivity index (χ0n) is 10.3. The summed E-state index contributed by atoms with van der Waals surface area (Å²) < 4.78 is 0. The Kier molecular flexibility index (Phi) is 5.62. The Morgan fingerprint density at radius 1 is 1.15 bits per heavy atom. The molecule has 0 heterocycles. The van der Waals surface area contributed by atoms with Crippen LogP contribution in [0.15, 0.2) is 0 Å². The van der Waals surface area contributed by atoms with Crippen molar-refractivity contribution in [2.24, 2.45) is 11.3 Å². The number of nitrogens with one attached hydrogen (secondary N) is 1. The van der Waals surface area contributed by atoms with E-state index in [0.717, 1.165) is 12.5 Å². The molecule has 0 saturated heterocycles. The van der Waals surface area contributed by atoms with Crippen molar-refractivity contribution in [3.8, 4) is 0 Å². The molecule has 13 heavy (non-hydrogen) atoms. The predicted molar refractivity (Wildman–Crippen MR) is 61.0 cm³/mol. The molecule has 1 heteroatoms. The van der Waals surface area contributed by atoms with Crippen LogP contribution in [0.3, 0.4) is 0 Å². The van der Waals surface area contributed by atoms with Crippen molar-refractivity contribution < 1.29 is 0 Å². The molecule has 1 atom stereocenters. The molecule has 0 saturated carbocycles. The van der Waals surface area contributed by atoms with Gasteiger partial charge in [0.1, 0.15) is 0 Å². The Hall–Kier alpha value is -0.0400. The highest BCUT2D eigenvalue weighted by Crippen LogP contribution is 2.26. The molecule has 0 amide bonds. The van der Waals surface area contributed by atoms with Crippen LogP contribution in [0, 0.1) is 11.3 Å². The van der Waals surface area contributed by atoms with E-state index < -0.39 is 0 Å². The van der Waals surface area contributed by atoms with Crippen molar-refractivity contribution in [1.29, 1.82) is 0 Å². The molecule has 80 valence electrons. The number of hydrogen-bond acceptors (Lipinski definition) is 1. The first-order valence-corrected chi connectivity index (χ1v) is 5.60. The minimum Gasteiger partial charge on any atom is -0.314 e. The molecule has 0 aliphatic carbocycles. The second-order valence-electron chi connectivity index (χ2n) is 5.42. The third-order valence-corrected chi connectivity index (χ3v) is 2.59. The molecule has 0 aromatic rings. The maximum absolute atomic E-state index is 3.52. The van der Waals surface area contributed by atoms with Crippen LogP contribution in [-0.2, 0) is 0 Å². The van der Waals surface area contributed by atoms with E-state index in [4.69, 9.17) is 0 Å². The maximum atomic E-state index is 3.52. The van der Waals surface area contributed by atoms with Crippen LogP contribution in [0.1, 0.15) is 54.4 Å². The number of rotatable bonds is 6. The molecule has 0 aromatic carbocycles. The quantitative estimate of drug-likeness (QED) is 0.668. The lowest BCUT2D eigenvalue weighted by molar-refractivity contribution is 0.254. The van der Waals surface area contributed by atoms with Gasteiger partial charge in [-0.1, -0.05) is 48.0 Å². The zero-order valence-corrected chi connectivity index (χ0v) is 10.3. The molecule has 0 aliphatic rings. The average molecular weight is 185 g/mol. The summed E-state index contributed by atoms with van der Waals surface area (Å²) in [6, 6.07) is 0.608. The van der Waals surface area contributed by atoms with E-state index in [1.807, 2.05) is 0 Å². The highest BCUT2D eigenvalue weighted by atomic mass is 14.9. The minimum absolute atomic E-state index is 0.444. The predicted octanol–water partition coefficient (Wildman–Crippen LogP) is 3.45. The van der Waals surface area contributed by atoms with Crippen molar-refractivity contribution in [2.75, 3.05) is 6.54 Å². The van der Waals surface area contributed by atoms with Gasteiger partial charge in [-0.15, -0.1) is 0 Å². The van der Waals surface area contributed by atoms with Crippen LogP contribution in [0.4, 0.5) is 0 Å². The summed E-state index contributed by atoms with van der Waals surface area (Å²) >= 11 is 0. The van der Waals surface area contributed by atoms with Gasteiger partial charge < -0.3 is 5.32 Å². The average Bonchev–Trinajstić information content (AvgIpc) is 2.00. The molecule has 0 aromatic heterocycles. The van der Waals surface area contributed by atoms with Gasteiger partial charge in [-0.25, -0.2) is 0 Å². The maximum Gasteiger partial charge on any atom is 0.00106 e. The highest BCUT2D eigenvalue weighted by molar-refractivity contribution is 4.74. The summed E-state index contributed by atoms with van der Waals surface area (Å²) in [5, 5.41) is 3.52. The van der Waals surface area contributed by atoms with Gasteiger partial charge in [0.05, 0.1) is 0 Å². The summed E-state index contributed by atoms with van der Waals surface area (Å²) in [6.07, 6.45) is 2.62. The molecule has 0 aliphatic heterocycles. The molecule has 1 unspecified atom stereocenters. The SMILES string of the molecule is CCC(C)CC(C)(C)CNC(C)C. The number of hydrogen-bond donors (Lipinski definition) is 1. The lowest BCUT2D eigenvalue weighted by Gasteiger charge is -2.29. The standard InChI is InChI=1S/C12H27N/c1-7-11(4)8-12(5,6)9-13-10(2)3/h10-11,13H,7-9H2,1-6H3. The molecule has 0 bridgehead atoms. The smallest absolute Gasteiger partial charge is 0.00106 e. The molecule has 0 radical (unpaired) electrons. The topological polar surface area (TPSA) is 12.0 Å². The van der Waals surface area contributed by atoms with E-state index in [0.29, 0.717) is 11.5 Å². The van der Waals surface area contributed by atoms with Gasteiger partial charge in [0.15, 0.2) is 0 Å². The first-order valence-electron chi connectivity index (χ1n) is 5.60. The van der Waals surface area contributed by atoms with Gasteiger partial charge in [0.2, 0.25) is 0 Å². The lowest BCUT2D eigenvalue weighted by Crippen LogP contribution is -2.34. The molecule has 1 N–H and O–H groups in total. The Bertz CT molecular complexity index is 127. The molecular formula is C12H27N. The van der Waals surface area contributed by atoms with Crippen LogP contribution in [0.2, 0.25) is 0 Å². The highest BCUT2D eigenvalue weighted by Gasteiger charge is 2.20. The molecule has 0 rings (SSSR count). The fourth-order valence-electron chi connectivity index (χ4n) is 1.64. The largest absolute Gasteiger partial charge is 0.314 e. The summed E-state index contributed by atoms with van der Waals surface area (Å²) in [5.41, 5.74) is 0.444. The van der Waals surface area contributed by atoms with Gasteiger partial charge in [0, 0.05) is 12.6 Å². The monoisotopic (exact) mass is 185 g/mol. The van der Waals surface area contributed by atoms with Gasteiger partial charge in [-0.2, -0.15) is 0 Å². The minimum atomic E-state index is 0.444. The Morgan fingerprint density at radius 2 is 1.69 bits per heavy atom. The van der Waals surface area contributed by atoms with Crippen molar-refractivity contribution in [1.82, 2.24) is 5.32 Å². The summed E-state index contributed by atoms with van der Waals surface area (Å²) in [7, 11) is 0. The van der Waals surface area contributed by atoms with Gasteiger partial charge in [-0.05, 0) is 17.8 Å². The molecule has 1 nitrogen and oxygen atoms in total. The normalized spacial score (nSPS) is 15.0. The van der Waals surface area contributed by atoms with Gasteiger partial charge in [-0.3, -0.25) is 0 Å². The van der Waals surface area contributed by atoms with E-state index in [1.165, 1.54) is 12.8 Å². The van der Waals surface area contributed by atoms with E-state index in [-0.39, 0.29) is 0 Å². The van der Waals surface area contributed by atoms with Crippen LogP contribution >= 0.6 is 0 Å². The summed E-state index contributed by atoms with van der Waals surface area (Å²) in [6.45, 7) is 14.9. The summed E-state index contributed by atoms with van der Waals surface area (Å²) in [4.78, 5) is 0. The Balaban J connectivity index is 3.79. The van der Waals surface area contributed by atoms with E-state index >= 15 is 0 Å². The third kappa shape index (κ3) is 7.06. The van der Waals surface area contributed by atoms with Crippen molar-refractivity contribution in [3.05, 3.63) is 0 Å². The van der Waals surface area contributed by atoms with Crippen LogP contribution in [-0.4, -0.2) is 12.6 Å². The second kappa shape index (κ2) is 5.64. The van der Waals surface area contributed by atoms with Crippen LogP contribution < -0.4 is 5.32 Å². The fourth-order valence-corrected chi connectivity index (χ4v) is 1.64. The second-order valence-corrected chi connectivity index (χ2v) is 5.42. The zero-order chi connectivity index (χ0) is 10.5. The molecular weight excluding hydrogens is 158 g/mol. The fraction of sp³-hybridized carbons (Fsp3) is 1.00. The van der Waals surface area contributed by atoms with E-state index in [2.05, 4.69) is 46.9 Å². The van der Waals surface area contributed by atoms with Crippen molar-refractivity contribution in [3.63, 3.8) is 0 Å². The Labute approximate surface area is 84.3 Å². The van der Waals surface area contributed by atoms with E-state index in [9.17, 15) is 0 Å². The molecule has 0 spiro atoms. The summed E-state index contributed by atoms with van der Waals surface area (Å²) in [5.74, 6) is 0.851. The lowest BCUT2D eigenvalue weighted by atomic mass is 9.82. The van der Waals surface area contributed by atoms with E-state index in [1.54, 1.807) is 0 Å². The Morgan fingerprint density at radius 3 is 2.08 bits per heavy atom. The third-order valence-electron chi connectivity index (χ3n) is 2.59. The van der Waals surface area contributed by atoms with Crippen LogP contribution in [0.25, 0.3) is 0 Å². The molecule has 0 fully saturated rings. The first-order chi connectivity index (χ1) is 5.87. The van der Waals surface area contributed by atoms with Crippen LogP contribution in [0.5, 0.6) is 0 Å². The van der Waals surface area contributed by atoms with Crippen molar-refractivity contribution >= 4 is 0 Å². The van der Waals surface area contributed by atoms with Gasteiger partial charge >= 0.3 is 0 Å². The van der Waals surface area contributed by atoms with Gasteiger partial charge in [0.25, 0.3) is 0 Å². The van der Waals surface area contributed by atoms with Crippen molar-refractivity contribution in [2.45, 2.75) is 60.4 Å². The first kappa shape index (κ1) is 13.0.